The number of ketones is 1. The standard InChI is InChI=1S/C5H9N3O2/c1-8(10)3-4-5(9)2-6-7-4/h2,4,7,10H,3H2,1H3. The van der Waals surface area contributed by atoms with Gasteiger partial charge in [-0.3, -0.25) is 10.2 Å². The topological polar surface area (TPSA) is 64.9 Å². The Labute approximate surface area is 58.3 Å². The van der Waals surface area contributed by atoms with Crippen LogP contribution in [0.25, 0.3) is 0 Å². The highest BCUT2D eigenvalue weighted by Crippen LogP contribution is 1.92. The Bertz CT molecular complexity index is 166. The van der Waals surface area contributed by atoms with Gasteiger partial charge < -0.3 is 5.21 Å². The van der Waals surface area contributed by atoms with Gasteiger partial charge in [0.25, 0.3) is 0 Å². The van der Waals surface area contributed by atoms with E-state index in [4.69, 9.17) is 5.21 Å². The summed E-state index contributed by atoms with van der Waals surface area (Å²) in [6, 6.07) is -0.380. The Balaban J connectivity index is 2.37. The maximum atomic E-state index is 10.8. The van der Waals surface area contributed by atoms with E-state index in [0.29, 0.717) is 0 Å². The van der Waals surface area contributed by atoms with Crippen LogP contribution < -0.4 is 5.43 Å². The van der Waals surface area contributed by atoms with E-state index in [-0.39, 0.29) is 18.4 Å². The van der Waals surface area contributed by atoms with Gasteiger partial charge in [-0.15, -0.1) is 0 Å². The van der Waals surface area contributed by atoms with Crippen molar-refractivity contribution in [1.82, 2.24) is 10.5 Å². The smallest absolute Gasteiger partial charge is 0.200 e. The van der Waals surface area contributed by atoms with Gasteiger partial charge in [-0.05, 0) is 0 Å². The van der Waals surface area contributed by atoms with Crippen LogP contribution in [0.15, 0.2) is 5.10 Å². The lowest BCUT2D eigenvalue weighted by Crippen LogP contribution is -2.38. The second kappa shape index (κ2) is 2.76. The molecule has 0 bridgehead atoms. The Morgan fingerprint density at radius 1 is 2.00 bits per heavy atom. The second-order valence-corrected chi connectivity index (χ2v) is 2.18. The first kappa shape index (κ1) is 7.17. The number of carbonyl (C=O) groups excluding carboxylic acids is 1. The fourth-order valence-electron chi connectivity index (χ4n) is 0.739. The Morgan fingerprint density at radius 2 is 2.70 bits per heavy atom. The van der Waals surface area contributed by atoms with Crippen LogP contribution in [-0.2, 0) is 4.79 Å². The van der Waals surface area contributed by atoms with Gasteiger partial charge in [0.05, 0.1) is 12.8 Å². The summed E-state index contributed by atoms with van der Waals surface area (Å²) in [7, 11) is 1.48. The van der Waals surface area contributed by atoms with Gasteiger partial charge >= 0.3 is 0 Å². The molecular weight excluding hydrogens is 134 g/mol. The number of hydrogen-bond acceptors (Lipinski definition) is 5. The minimum absolute atomic E-state index is 0.0964. The first-order valence-electron chi connectivity index (χ1n) is 2.92. The molecule has 5 heteroatoms. The number of Topliss-reactive ketones (excluding diaryl/α,β-unsaturated/α-hetero) is 1. The summed E-state index contributed by atoms with van der Waals surface area (Å²) in [5.41, 5.74) is 2.56. The zero-order valence-electron chi connectivity index (χ0n) is 5.61. The van der Waals surface area contributed by atoms with Crippen LogP contribution in [0.4, 0.5) is 0 Å². The molecule has 1 rings (SSSR count). The fourth-order valence-corrected chi connectivity index (χ4v) is 0.739. The number of hydrazone groups is 1. The first-order valence-corrected chi connectivity index (χ1v) is 2.92. The molecule has 5 nitrogen and oxygen atoms in total. The molecule has 0 aliphatic carbocycles. The van der Waals surface area contributed by atoms with E-state index in [1.165, 1.54) is 13.3 Å². The quantitative estimate of drug-likeness (QED) is 0.478. The number of hydrogen-bond donors (Lipinski definition) is 2. The third-order valence-corrected chi connectivity index (χ3v) is 1.21. The van der Waals surface area contributed by atoms with Crippen LogP contribution in [0.3, 0.4) is 0 Å². The lowest BCUT2D eigenvalue weighted by Gasteiger charge is -2.11. The monoisotopic (exact) mass is 143 g/mol. The van der Waals surface area contributed by atoms with Gasteiger partial charge in [0, 0.05) is 7.05 Å². The van der Waals surface area contributed by atoms with Crippen molar-refractivity contribution in [2.75, 3.05) is 13.6 Å². The highest BCUT2D eigenvalue weighted by Gasteiger charge is 2.21. The van der Waals surface area contributed by atoms with Gasteiger partial charge in [0.1, 0.15) is 6.04 Å². The molecule has 0 amide bonds. The molecule has 0 fully saturated rings. The van der Waals surface area contributed by atoms with Crippen LogP contribution in [0, 0.1) is 0 Å². The zero-order chi connectivity index (χ0) is 7.56. The minimum atomic E-state index is -0.380. The van der Waals surface area contributed by atoms with Crippen molar-refractivity contribution in [3.63, 3.8) is 0 Å². The minimum Gasteiger partial charge on any atom is -0.314 e. The molecule has 0 saturated heterocycles. The predicted octanol–water partition coefficient (Wildman–Crippen LogP) is -1.17. The van der Waals surface area contributed by atoms with E-state index in [0.717, 1.165) is 5.06 Å². The normalized spacial score (nSPS) is 23.9. The molecule has 0 aromatic heterocycles. The summed E-state index contributed by atoms with van der Waals surface area (Å²) < 4.78 is 0. The number of likely N-dealkylation sites (N-methyl/N-ethyl adjacent to an activating group) is 1. The van der Waals surface area contributed by atoms with Gasteiger partial charge in [0.2, 0.25) is 5.78 Å². The Morgan fingerprint density at radius 3 is 3.10 bits per heavy atom. The molecule has 56 valence electrons. The summed E-state index contributed by atoms with van der Waals surface area (Å²) in [6.45, 7) is 0.263. The van der Waals surface area contributed by atoms with Gasteiger partial charge in [-0.25, -0.2) is 0 Å². The third-order valence-electron chi connectivity index (χ3n) is 1.21. The maximum Gasteiger partial charge on any atom is 0.200 e. The number of hydroxylamine groups is 2. The lowest BCUT2D eigenvalue weighted by atomic mass is 10.2. The van der Waals surface area contributed by atoms with E-state index in [1.807, 2.05) is 0 Å². The fraction of sp³-hybridized carbons (Fsp3) is 0.600. The lowest BCUT2D eigenvalue weighted by molar-refractivity contribution is -0.118. The molecule has 1 heterocycles. The van der Waals surface area contributed by atoms with E-state index in [9.17, 15) is 4.79 Å². The van der Waals surface area contributed by atoms with Crippen LogP contribution in [0.1, 0.15) is 0 Å². The van der Waals surface area contributed by atoms with E-state index in [1.54, 1.807) is 0 Å². The number of carbonyl (C=O) groups is 1. The number of nitrogens with zero attached hydrogens (tertiary/aromatic N) is 2. The van der Waals surface area contributed by atoms with Crippen molar-refractivity contribution in [2.24, 2.45) is 5.10 Å². The SMILES string of the molecule is CN(O)CC1NN=CC1=O. The van der Waals surface area contributed by atoms with Crippen LogP contribution >= 0.6 is 0 Å². The highest BCUT2D eigenvalue weighted by atomic mass is 16.5. The van der Waals surface area contributed by atoms with Gasteiger partial charge in [-0.2, -0.15) is 10.2 Å². The molecule has 2 N–H and O–H groups in total. The Kier molecular flexibility index (Phi) is 1.98. The molecule has 1 aliphatic rings. The molecule has 1 atom stereocenters. The van der Waals surface area contributed by atoms with Crippen LogP contribution in [0.2, 0.25) is 0 Å². The molecule has 1 unspecified atom stereocenters. The average Bonchev–Trinajstić information content (AvgIpc) is 2.15. The number of rotatable bonds is 2. The van der Waals surface area contributed by atoms with E-state index >= 15 is 0 Å². The van der Waals surface area contributed by atoms with Crippen molar-refractivity contribution in [1.29, 1.82) is 0 Å². The summed E-state index contributed by atoms with van der Waals surface area (Å²) in [5.74, 6) is -0.0964. The molecule has 0 spiro atoms. The zero-order valence-corrected chi connectivity index (χ0v) is 5.61. The average molecular weight is 143 g/mol. The molecule has 10 heavy (non-hydrogen) atoms. The summed E-state index contributed by atoms with van der Waals surface area (Å²) >= 11 is 0. The van der Waals surface area contributed by atoms with Crippen LogP contribution in [-0.4, -0.2) is 41.9 Å². The predicted molar refractivity (Wildman–Crippen MR) is 34.8 cm³/mol. The van der Waals surface area contributed by atoms with Crippen molar-refractivity contribution in [3.05, 3.63) is 0 Å². The summed E-state index contributed by atoms with van der Waals surface area (Å²) in [5, 5.41) is 13.2. The highest BCUT2D eigenvalue weighted by molar-refractivity contribution is 6.31. The maximum absolute atomic E-state index is 10.8. The van der Waals surface area contributed by atoms with Crippen molar-refractivity contribution in [2.45, 2.75) is 6.04 Å². The van der Waals surface area contributed by atoms with Crippen LogP contribution in [0.5, 0.6) is 0 Å². The molecule has 0 aromatic carbocycles. The molecule has 0 radical (unpaired) electrons. The molecule has 1 aliphatic heterocycles. The van der Waals surface area contributed by atoms with Gasteiger partial charge in [0.15, 0.2) is 0 Å². The number of nitrogens with one attached hydrogen (secondary N) is 1. The molecular formula is C5H9N3O2. The van der Waals surface area contributed by atoms with Crippen molar-refractivity contribution in [3.8, 4) is 0 Å². The van der Waals surface area contributed by atoms with E-state index < -0.39 is 0 Å². The first-order chi connectivity index (χ1) is 4.70. The third kappa shape index (κ3) is 1.52. The summed E-state index contributed by atoms with van der Waals surface area (Å²) in [4.78, 5) is 10.8. The van der Waals surface area contributed by atoms with Crippen molar-refractivity contribution < 1.29 is 10.0 Å². The second-order valence-electron chi connectivity index (χ2n) is 2.18. The largest absolute Gasteiger partial charge is 0.314 e. The molecule has 0 saturated carbocycles. The summed E-state index contributed by atoms with van der Waals surface area (Å²) in [6.07, 6.45) is 1.22. The molecule has 0 aromatic rings. The van der Waals surface area contributed by atoms with Crippen molar-refractivity contribution >= 4 is 12.0 Å². The van der Waals surface area contributed by atoms with E-state index in [2.05, 4.69) is 10.5 Å². The Hall–Kier alpha value is -0.940. The van der Waals surface area contributed by atoms with Gasteiger partial charge in [-0.1, -0.05) is 0 Å².